The fourth-order valence-electron chi connectivity index (χ4n) is 2.31. The Balaban J connectivity index is 1.97. The van der Waals surface area contributed by atoms with Crippen molar-refractivity contribution in [1.29, 1.82) is 0 Å². The van der Waals surface area contributed by atoms with Crippen LogP contribution in [-0.4, -0.2) is 29.0 Å². The topological polar surface area (TPSA) is 40.5 Å². The van der Waals surface area contributed by atoms with Gasteiger partial charge in [0.2, 0.25) is 5.91 Å². The Morgan fingerprint density at radius 3 is 2.41 bits per heavy atom. The van der Waals surface area contributed by atoms with Gasteiger partial charge in [0.05, 0.1) is 0 Å². The Kier molecular flexibility index (Phi) is 3.47. The van der Waals surface area contributed by atoms with Gasteiger partial charge in [-0.3, -0.25) is 4.79 Å². The summed E-state index contributed by atoms with van der Waals surface area (Å²) in [6.45, 7) is 5.08. The first-order chi connectivity index (χ1) is 8.20. The summed E-state index contributed by atoms with van der Waals surface area (Å²) in [5.41, 5.74) is 1.24. The third-order valence-corrected chi connectivity index (χ3v) is 3.35. The van der Waals surface area contributed by atoms with E-state index in [1.807, 2.05) is 17.0 Å². The lowest BCUT2D eigenvalue weighted by Crippen LogP contribution is -2.36. The summed E-state index contributed by atoms with van der Waals surface area (Å²) in [7, 11) is 0. The summed E-state index contributed by atoms with van der Waals surface area (Å²) in [6, 6.07) is 7.36. The Labute approximate surface area is 101 Å². The monoisotopic (exact) mass is 231 g/mol. The first-order valence-corrected chi connectivity index (χ1v) is 5.91. The maximum absolute atomic E-state index is 11.4. The lowest BCUT2D eigenvalue weighted by atomic mass is 9.89. The van der Waals surface area contributed by atoms with E-state index in [9.17, 15) is 9.90 Å². The summed E-state index contributed by atoms with van der Waals surface area (Å²) < 4.78 is 0. The molecule has 0 bridgehead atoms. The predicted molar refractivity (Wildman–Crippen MR) is 66.9 cm³/mol. The van der Waals surface area contributed by atoms with Gasteiger partial charge in [-0.2, -0.15) is 0 Å². The third kappa shape index (κ3) is 2.67. The van der Waals surface area contributed by atoms with Crippen LogP contribution in [0.15, 0.2) is 36.9 Å². The van der Waals surface area contributed by atoms with Crippen molar-refractivity contribution in [3.05, 3.63) is 42.5 Å². The molecule has 0 aromatic heterocycles. The molecule has 0 radical (unpaired) electrons. The van der Waals surface area contributed by atoms with Crippen LogP contribution in [0.4, 0.5) is 0 Å². The summed E-state index contributed by atoms with van der Waals surface area (Å²) in [4.78, 5) is 13.3. The Hall–Kier alpha value is -1.77. The number of nitrogens with zero attached hydrogens (tertiary/aromatic N) is 1. The number of aromatic hydroxyl groups is 1. The van der Waals surface area contributed by atoms with Gasteiger partial charge in [0.25, 0.3) is 0 Å². The Morgan fingerprint density at radius 2 is 1.88 bits per heavy atom. The molecule has 1 amide bonds. The number of carbonyl (C=O) groups is 1. The SMILES string of the molecule is C=CC(=O)N1CCC(c2ccc(O)cc2)CC1. The number of hydrogen-bond donors (Lipinski definition) is 1. The fourth-order valence-corrected chi connectivity index (χ4v) is 2.31. The number of phenolic OH excluding ortho intramolecular Hbond substituents is 1. The maximum Gasteiger partial charge on any atom is 0.245 e. The van der Waals surface area contributed by atoms with E-state index in [2.05, 4.69) is 6.58 Å². The molecule has 0 saturated carbocycles. The summed E-state index contributed by atoms with van der Waals surface area (Å²) in [5.74, 6) is 0.812. The van der Waals surface area contributed by atoms with E-state index in [1.54, 1.807) is 12.1 Å². The molecule has 2 rings (SSSR count). The average Bonchev–Trinajstić information content (AvgIpc) is 2.39. The van der Waals surface area contributed by atoms with Gasteiger partial charge in [-0.25, -0.2) is 0 Å². The van der Waals surface area contributed by atoms with Gasteiger partial charge in [0.15, 0.2) is 0 Å². The van der Waals surface area contributed by atoms with Crippen molar-refractivity contribution in [3.8, 4) is 5.75 Å². The van der Waals surface area contributed by atoms with E-state index < -0.39 is 0 Å². The van der Waals surface area contributed by atoms with Gasteiger partial charge in [0.1, 0.15) is 5.75 Å². The molecule has 0 spiro atoms. The predicted octanol–water partition coefficient (Wildman–Crippen LogP) is 2.28. The third-order valence-electron chi connectivity index (χ3n) is 3.35. The number of rotatable bonds is 2. The normalized spacial score (nSPS) is 16.8. The number of carbonyl (C=O) groups excluding carboxylic acids is 1. The summed E-state index contributed by atoms with van der Waals surface area (Å²) in [6.07, 6.45) is 3.33. The maximum atomic E-state index is 11.4. The van der Waals surface area contributed by atoms with Crippen LogP contribution in [0.25, 0.3) is 0 Å². The second-order valence-corrected chi connectivity index (χ2v) is 4.40. The largest absolute Gasteiger partial charge is 0.508 e. The molecule has 1 heterocycles. The molecule has 17 heavy (non-hydrogen) atoms. The van der Waals surface area contributed by atoms with E-state index >= 15 is 0 Å². The van der Waals surface area contributed by atoms with Gasteiger partial charge in [-0.05, 0) is 42.5 Å². The molecule has 90 valence electrons. The zero-order chi connectivity index (χ0) is 12.3. The smallest absolute Gasteiger partial charge is 0.245 e. The van der Waals surface area contributed by atoms with Crippen molar-refractivity contribution in [1.82, 2.24) is 4.90 Å². The lowest BCUT2D eigenvalue weighted by molar-refractivity contribution is -0.127. The van der Waals surface area contributed by atoms with E-state index in [-0.39, 0.29) is 5.91 Å². The highest BCUT2D eigenvalue weighted by molar-refractivity contribution is 5.87. The quantitative estimate of drug-likeness (QED) is 0.793. The van der Waals surface area contributed by atoms with Crippen molar-refractivity contribution < 1.29 is 9.90 Å². The van der Waals surface area contributed by atoms with Crippen molar-refractivity contribution in [2.24, 2.45) is 0 Å². The molecule has 1 aliphatic rings. The van der Waals surface area contributed by atoms with Gasteiger partial charge >= 0.3 is 0 Å². The molecular weight excluding hydrogens is 214 g/mol. The lowest BCUT2D eigenvalue weighted by Gasteiger charge is -2.31. The second-order valence-electron chi connectivity index (χ2n) is 4.40. The van der Waals surface area contributed by atoms with Crippen LogP contribution in [0.3, 0.4) is 0 Å². The van der Waals surface area contributed by atoms with Gasteiger partial charge in [-0.15, -0.1) is 0 Å². The molecule has 1 aromatic rings. The van der Waals surface area contributed by atoms with Crippen LogP contribution in [0.5, 0.6) is 5.75 Å². The minimum atomic E-state index is 0.0224. The van der Waals surface area contributed by atoms with Crippen LogP contribution in [0.2, 0.25) is 0 Å². The number of hydrogen-bond acceptors (Lipinski definition) is 2. The molecule has 1 N–H and O–H groups in total. The second kappa shape index (κ2) is 5.04. The highest BCUT2D eigenvalue weighted by atomic mass is 16.3. The van der Waals surface area contributed by atoms with Crippen molar-refractivity contribution in [3.63, 3.8) is 0 Å². The number of benzene rings is 1. The molecule has 1 aliphatic heterocycles. The molecule has 0 unspecified atom stereocenters. The molecule has 3 heteroatoms. The highest BCUT2D eigenvalue weighted by Gasteiger charge is 2.22. The first-order valence-electron chi connectivity index (χ1n) is 5.91. The van der Waals surface area contributed by atoms with E-state index in [0.29, 0.717) is 11.7 Å². The molecule has 0 atom stereocenters. The van der Waals surface area contributed by atoms with Crippen LogP contribution in [-0.2, 0) is 4.79 Å². The molecule has 3 nitrogen and oxygen atoms in total. The first kappa shape index (κ1) is 11.7. The molecular formula is C14H17NO2. The zero-order valence-electron chi connectivity index (χ0n) is 9.80. The summed E-state index contributed by atoms with van der Waals surface area (Å²) >= 11 is 0. The highest BCUT2D eigenvalue weighted by Crippen LogP contribution is 2.28. The van der Waals surface area contributed by atoms with Crippen molar-refractivity contribution in [2.45, 2.75) is 18.8 Å². The van der Waals surface area contributed by atoms with Crippen LogP contribution in [0, 0.1) is 0 Å². The van der Waals surface area contributed by atoms with E-state index in [4.69, 9.17) is 0 Å². The standard InChI is InChI=1S/C14H17NO2/c1-2-14(17)15-9-7-12(8-10-15)11-3-5-13(16)6-4-11/h2-6,12,16H,1,7-10H2. The van der Waals surface area contributed by atoms with Gasteiger partial charge < -0.3 is 10.0 Å². The number of phenols is 1. The number of amides is 1. The molecule has 1 saturated heterocycles. The number of likely N-dealkylation sites (tertiary alicyclic amines) is 1. The van der Waals surface area contributed by atoms with Crippen molar-refractivity contribution >= 4 is 5.91 Å². The minimum Gasteiger partial charge on any atom is -0.508 e. The molecule has 1 aromatic carbocycles. The van der Waals surface area contributed by atoms with Gasteiger partial charge in [-0.1, -0.05) is 18.7 Å². The van der Waals surface area contributed by atoms with Crippen LogP contribution in [0.1, 0.15) is 24.3 Å². The van der Waals surface area contributed by atoms with Crippen LogP contribution < -0.4 is 0 Å². The average molecular weight is 231 g/mol. The molecule has 1 fully saturated rings. The number of piperidine rings is 1. The summed E-state index contributed by atoms with van der Waals surface area (Å²) in [5, 5.41) is 9.24. The van der Waals surface area contributed by atoms with Gasteiger partial charge in [0, 0.05) is 13.1 Å². The Morgan fingerprint density at radius 1 is 1.29 bits per heavy atom. The zero-order valence-corrected chi connectivity index (χ0v) is 9.80. The van der Waals surface area contributed by atoms with Crippen molar-refractivity contribution in [2.75, 3.05) is 13.1 Å². The van der Waals surface area contributed by atoms with Crippen LogP contribution >= 0.6 is 0 Å². The molecule has 0 aliphatic carbocycles. The van der Waals surface area contributed by atoms with E-state index in [0.717, 1.165) is 25.9 Å². The minimum absolute atomic E-state index is 0.0224. The van der Waals surface area contributed by atoms with E-state index in [1.165, 1.54) is 11.6 Å². The Bertz CT molecular complexity index is 403. The fraction of sp³-hybridized carbons (Fsp3) is 0.357.